The maximum Gasteiger partial charge on any atom is 0.278 e. The lowest BCUT2D eigenvalue weighted by Crippen LogP contribution is -2.32. The van der Waals surface area contributed by atoms with E-state index in [0.717, 1.165) is 10.5 Å². The van der Waals surface area contributed by atoms with Crippen LogP contribution in [0.25, 0.3) is 5.57 Å². The van der Waals surface area contributed by atoms with E-state index in [0.29, 0.717) is 11.3 Å². The second-order valence-electron chi connectivity index (χ2n) is 6.89. The summed E-state index contributed by atoms with van der Waals surface area (Å²) >= 11 is 0. The Kier molecular flexibility index (Phi) is 4.96. The standard InChI is InChI=1S/C24H19FN2O2/c1-16-11-13-19(14-12-16)26-22-21(17-7-3-2-4-8-17)23(28)27(24(22)29)15-18-9-5-6-10-20(18)25/h2-14,26H,15H2,1H3. The molecule has 0 spiro atoms. The van der Waals surface area contributed by atoms with Gasteiger partial charge in [0.25, 0.3) is 11.8 Å². The zero-order chi connectivity index (χ0) is 20.4. The number of anilines is 1. The average molecular weight is 386 g/mol. The van der Waals surface area contributed by atoms with Crippen molar-refractivity contribution in [2.24, 2.45) is 0 Å². The highest BCUT2D eigenvalue weighted by Crippen LogP contribution is 2.31. The fraction of sp³-hybridized carbons (Fsp3) is 0.0833. The molecular weight excluding hydrogens is 367 g/mol. The molecule has 0 saturated heterocycles. The van der Waals surface area contributed by atoms with Gasteiger partial charge in [0.05, 0.1) is 12.1 Å². The maximum absolute atomic E-state index is 14.1. The van der Waals surface area contributed by atoms with Gasteiger partial charge in [0, 0.05) is 11.3 Å². The third kappa shape index (κ3) is 3.67. The summed E-state index contributed by atoms with van der Waals surface area (Å²) in [5.74, 6) is -1.37. The number of aryl methyl sites for hydroxylation is 1. The van der Waals surface area contributed by atoms with Gasteiger partial charge in [-0.2, -0.15) is 0 Å². The highest BCUT2D eigenvalue weighted by atomic mass is 19.1. The Labute approximate surface area is 168 Å². The number of nitrogens with one attached hydrogen (secondary N) is 1. The van der Waals surface area contributed by atoms with Gasteiger partial charge in [-0.15, -0.1) is 0 Å². The van der Waals surface area contributed by atoms with Gasteiger partial charge in [0.15, 0.2) is 0 Å². The zero-order valence-electron chi connectivity index (χ0n) is 15.9. The summed E-state index contributed by atoms with van der Waals surface area (Å²) in [7, 11) is 0. The van der Waals surface area contributed by atoms with Crippen molar-refractivity contribution >= 4 is 23.1 Å². The van der Waals surface area contributed by atoms with Gasteiger partial charge in [-0.1, -0.05) is 66.2 Å². The minimum atomic E-state index is -0.474. The Bertz CT molecular complexity index is 1110. The number of imide groups is 1. The molecule has 0 saturated carbocycles. The number of benzene rings is 3. The van der Waals surface area contributed by atoms with Crippen molar-refractivity contribution < 1.29 is 14.0 Å². The van der Waals surface area contributed by atoms with Crippen LogP contribution in [0, 0.1) is 12.7 Å². The predicted octanol–water partition coefficient (Wildman–Crippen LogP) is 4.53. The van der Waals surface area contributed by atoms with E-state index in [1.165, 1.54) is 6.07 Å². The van der Waals surface area contributed by atoms with Crippen LogP contribution in [0.2, 0.25) is 0 Å². The fourth-order valence-electron chi connectivity index (χ4n) is 3.29. The van der Waals surface area contributed by atoms with Crippen molar-refractivity contribution in [3.8, 4) is 0 Å². The van der Waals surface area contributed by atoms with Crippen LogP contribution in [0.4, 0.5) is 10.1 Å². The van der Waals surface area contributed by atoms with E-state index < -0.39 is 17.6 Å². The first kappa shape index (κ1) is 18.6. The molecule has 1 N–H and O–H groups in total. The van der Waals surface area contributed by atoms with Gasteiger partial charge in [0.1, 0.15) is 11.5 Å². The average Bonchev–Trinajstić information content (AvgIpc) is 2.96. The second kappa shape index (κ2) is 7.72. The third-order valence-electron chi connectivity index (χ3n) is 4.84. The van der Waals surface area contributed by atoms with Crippen LogP contribution in [0.1, 0.15) is 16.7 Å². The Morgan fingerprint density at radius 1 is 0.828 bits per heavy atom. The molecule has 1 heterocycles. The van der Waals surface area contributed by atoms with E-state index in [2.05, 4.69) is 5.32 Å². The summed E-state index contributed by atoms with van der Waals surface area (Å²) in [6, 6.07) is 22.7. The minimum absolute atomic E-state index is 0.125. The SMILES string of the molecule is Cc1ccc(NC2=C(c3ccccc3)C(=O)N(Cc3ccccc3F)C2=O)cc1. The highest BCUT2D eigenvalue weighted by molar-refractivity contribution is 6.36. The molecule has 2 amide bonds. The highest BCUT2D eigenvalue weighted by Gasteiger charge is 2.39. The molecule has 3 aromatic rings. The smallest absolute Gasteiger partial charge is 0.278 e. The normalized spacial score (nSPS) is 13.9. The van der Waals surface area contributed by atoms with Crippen LogP contribution in [-0.2, 0) is 16.1 Å². The predicted molar refractivity (Wildman–Crippen MR) is 110 cm³/mol. The van der Waals surface area contributed by atoms with Gasteiger partial charge in [-0.25, -0.2) is 4.39 Å². The van der Waals surface area contributed by atoms with Crippen molar-refractivity contribution in [3.05, 3.63) is 107 Å². The van der Waals surface area contributed by atoms with E-state index in [4.69, 9.17) is 0 Å². The van der Waals surface area contributed by atoms with Crippen molar-refractivity contribution in [3.63, 3.8) is 0 Å². The first-order valence-corrected chi connectivity index (χ1v) is 9.27. The largest absolute Gasteiger partial charge is 0.350 e. The molecule has 0 fully saturated rings. The first-order chi connectivity index (χ1) is 14.0. The monoisotopic (exact) mass is 386 g/mol. The summed E-state index contributed by atoms with van der Waals surface area (Å²) in [4.78, 5) is 27.4. The number of rotatable bonds is 5. The fourth-order valence-corrected chi connectivity index (χ4v) is 3.29. The number of carbonyl (C=O) groups is 2. The first-order valence-electron chi connectivity index (χ1n) is 9.27. The molecule has 1 aliphatic rings. The lowest BCUT2D eigenvalue weighted by molar-refractivity contribution is -0.137. The molecule has 0 aliphatic carbocycles. The third-order valence-corrected chi connectivity index (χ3v) is 4.84. The molecule has 3 aromatic carbocycles. The molecule has 29 heavy (non-hydrogen) atoms. The number of nitrogens with zero attached hydrogens (tertiary/aromatic N) is 1. The molecule has 0 atom stereocenters. The number of carbonyl (C=O) groups excluding carboxylic acids is 2. The molecular formula is C24H19FN2O2. The molecule has 4 rings (SSSR count). The number of amides is 2. The van der Waals surface area contributed by atoms with E-state index >= 15 is 0 Å². The molecule has 1 aliphatic heterocycles. The molecule has 4 nitrogen and oxygen atoms in total. The maximum atomic E-state index is 14.1. The quantitative estimate of drug-likeness (QED) is 0.656. The molecule has 0 radical (unpaired) electrons. The van der Waals surface area contributed by atoms with E-state index in [-0.39, 0.29) is 23.4 Å². The van der Waals surface area contributed by atoms with Crippen LogP contribution in [0.3, 0.4) is 0 Å². The number of halogens is 1. The summed E-state index contributed by atoms with van der Waals surface area (Å²) in [6.45, 7) is 1.85. The summed E-state index contributed by atoms with van der Waals surface area (Å²) in [6.07, 6.45) is 0. The molecule has 0 bridgehead atoms. The molecule has 5 heteroatoms. The van der Waals surface area contributed by atoms with Crippen molar-refractivity contribution in [2.45, 2.75) is 13.5 Å². The lowest BCUT2D eigenvalue weighted by Gasteiger charge is -2.16. The van der Waals surface area contributed by atoms with E-state index in [9.17, 15) is 14.0 Å². The Balaban J connectivity index is 1.73. The molecule has 0 aromatic heterocycles. The molecule has 0 unspecified atom stereocenters. The van der Waals surface area contributed by atoms with Crippen molar-refractivity contribution in [1.29, 1.82) is 0 Å². The number of hydrogen-bond donors (Lipinski definition) is 1. The lowest BCUT2D eigenvalue weighted by atomic mass is 10.0. The minimum Gasteiger partial charge on any atom is -0.350 e. The summed E-state index contributed by atoms with van der Waals surface area (Å²) in [5.41, 5.74) is 3.19. The zero-order valence-corrected chi connectivity index (χ0v) is 15.9. The van der Waals surface area contributed by atoms with Gasteiger partial charge >= 0.3 is 0 Å². The van der Waals surface area contributed by atoms with E-state index in [1.54, 1.807) is 30.3 Å². The summed E-state index contributed by atoms with van der Waals surface area (Å²) < 4.78 is 14.1. The van der Waals surface area contributed by atoms with Gasteiger partial charge in [-0.05, 0) is 30.7 Å². The van der Waals surface area contributed by atoms with Crippen LogP contribution < -0.4 is 5.32 Å². The van der Waals surface area contributed by atoms with Gasteiger partial charge in [0.2, 0.25) is 0 Å². The van der Waals surface area contributed by atoms with Crippen molar-refractivity contribution in [2.75, 3.05) is 5.32 Å². The van der Waals surface area contributed by atoms with Crippen molar-refractivity contribution in [1.82, 2.24) is 4.90 Å². The number of hydrogen-bond acceptors (Lipinski definition) is 3. The van der Waals surface area contributed by atoms with Crippen LogP contribution in [-0.4, -0.2) is 16.7 Å². The Morgan fingerprint density at radius 2 is 1.48 bits per heavy atom. The topological polar surface area (TPSA) is 49.4 Å². The van der Waals surface area contributed by atoms with E-state index in [1.807, 2.05) is 49.4 Å². The Hall–Kier alpha value is -3.73. The van der Waals surface area contributed by atoms with Crippen LogP contribution in [0.5, 0.6) is 0 Å². The van der Waals surface area contributed by atoms with Gasteiger partial charge in [-0.3, -0.25) is 14.5 Å². The molecule has 144 valence electrons. The Morgan fingerprint density at radius 3 is 2.17 bits per heavy atom. The van der Waals surface area contributed by atoms with Crippen LogP contribution >= 0.6 is 0 Å². The summed E-state index contributed by atoms with van der Waals surface area (Å²) in [5, 5.41) is 3.10. The van der Waals surface area contributed by atoms with Crippen LogP contribution in [0.15, 0.2) is 84.6 Å². The second-order valence-corrected chi connectivity index (χ2v) is 6.89. The van der Waals surface area contributed by atoms with Gasteiger partial charge < -0.3 is 5.32 Å².